The summed E-state index contributed by atoms with van der Waals surface area (Å²) in [5.41, 5.74) is 7.36. The number of hydrogen-bond donors (Lipinski definition) is 2. The van der Waals surface area contributed by atoms with Crippen molar-refractivity contribution in [3.8, 4) is 0 Å². The maximum Gasteiger partial charge on any atom is 0.228 e. The van der Waals surface area contributed by atoms with Crippen LogP contribution in [0.15, 0.2) is 59.6 Å². The SMILES string of the molecule is Nc1nc(SCc2ccc(F)cc2)ccc1NC(=O)Cc1cc(F)cc(F)c1. The molecule has 0 aliphatic carbocycles. The lowest BCUT2D eigenvalue weighted by atomic mass is 10.1. The Bertz CT molecular complexity index is 976. The molecule has 3 rings (SSSR count). The van der Waals surface area contributed by atoms with Crippen LogP contribution in [0.25, 0.3) is 0 Å². The van der Waals surface area contributed by atoms with Gasteiger partial charge in [0, 0.05) is 11.8 Å². The van der Waals surface area contributed by atoms with Gasteiger partial charge in [-0.05, 0) is 47.5 Å². The van der Waals surface area contributed by atoms with Crippen molar-refractivity contribution < 1.29 is 18.0 Å². The van der Waals surface area contributed by atoms with E-state index in [0.29, 0.717) is 16.5 Å². The second kappa shape index (κ2) is 8.79. The minimum atomic E-state index is -0.744. The van der Waals surface area contributed by atoms with Crippen molar-refractivity contribution in [1.29, 1.82) is 0 Å². The van der Waals surface area contributed by atoms with Gasteiger partial charge in [-0.25, -0.2) is 18.2 Å². The number of nitrogens with two attached hydrogens (primary N) is 1. The Balaban J connectivity index is 1.60. The highest BCUT2D eigenvalue weighted by Gasteiger charge is 2.10. The molecule has 0 bridgehead atoms. The summed E-state index contributed by atoms with van der Waals surface area (Å²) in [6.45, 7) is 0. The highest BCUT2D eigenvalue weighted by atomic mass is 32.2. The normalized spacial score (nSPS) is 10.7. The number of carbonyl (C=O) groups is 1. The number of rotatable bonds is 6. The molecule has 28 heavy (non-hydrogen) atoms. The number of hydrogen-bond acceptors (Lipinski definition) is 4. The number of aromatic nitrogens is 1. The zero-order valence-corrected chi connectivity index (χ0v) is 15.4. The summed E-state index contributed by atoms with van der Waals surface area (Å²) in [5, 5.41) is 3.23. The molecule has 1 heterocycles. The Morgan fingerprint density at radius 2 is 1.61 bits per heavy atom. The van der Waals surface area contributed by atoms with E-state index < -0.39 is 17.5 Å². The lowest BCUT2D eigenvalue weighted by molar-refractivity contribution is -0.115. The average Bonchev–Trinajstić information content (AvgIpc) is 2.62. The Kier molecular flexibility index (Phi) is 6.20. The largest absolute Gasteiger partial charge is 0.382 e. The topological polar surface area (TPSA) is 68.0 Å². The average molecular weight is 403 g/mol. The number of nitrogens with one attached hydrogen (secondary N) is 1. The molecular weight excluding hydrogens is 387 g/mol. The second-order valence-corrected chi connectivity index (χ2v) is 7.00. The molecule has 4 nitrogen and oxygen atoms in total. The number of pyridine rings is 1. The first-order valence-corrected chi connectivity index (χ1v) is 9.26. The van der Waals surface area contributed by atoms with Gasteiger partial charge in [0.05, 0.1) is 17.1 Å². The molecule has 2 aromatic carbocycles. The van der Waals surface area contributed by atoms with Crippen LogP contribution in [0.5, 0.6) is 0 Å². The smallest absolute Gasteiger partial charge is 0.228 e. The van der Waals surface area contributed by atoms with Crippen LogP contribution in [0, 0.1) is 17.5 Å². The van der Waals surface area contributed by atoms with E-state index in [1.165, 1.54) is 23.9 Å². The fraction of sp³-hybridized carbons (Fsp3) is 0.100. The van der Waals surface area contributed by atoms with Gasteiger partial charge < -0.3 is 11.1 Å². The molecule has 0 radical (unpaired) electrons. The van der Waals surface area contributed by atoms with Gasteiger partial charge in [-0.3, -0.25) is 4.79 Å². The van der Waals surface area contributed by atoms with Crippen molar-refractivity contribution in [2.75, 3.05) is 11.1 Å². The van der Waals surface area contributed by atoms with Gasteiger partial charge in [0.1, 0.15) is 23.3 Å². The third-order valence-electron chi connectivity index (χ3n) is 3.76. The fourth-order valence-electron chi connectivity index (χ4n) is 2.47. The van der Waals surface area contributed by atoms with Crippen LogP contribution in [0.1, 0.15) is 11.1 Å². The van der Waals surface area contributed by atoms with Gasteiger partial charge >= 0.3 is 0 Å². The number of halogens is 3. The molecular formula is C20H16F3N3OS. The quantitative estimate of drug-likeness (QED) is 0.593. The summed E-state index contributed by atoms with van der Waals surface area (Å²) in [7, 11) is 0. The maximum atomic E-state index is 13.2. The summed E-state index contributed by atoms with van der Waals surface area (Å²) >= 11 is 1.42. The van der Waals surface area contributed by atoms with E-state index in [2.05, 4.69) is 10.3 Å². The number of anilines is 2. The molecule has 0 aliphatic heterocycles. The summed E-state index contributed by atoms with van der Waals surface area (Å²) in [6, 6.07) is 12.4. The van der Waals surface area contributed by atoms with Crippen molar-refractivity contribution in [3.05, 3.63) is 83.2 Å². The van der Waals surface area contributed by atoms with Crippen molar-refractivity contribution in [2.45, 2.75) is 17.2 Å². The number of nitrogen functional groups attached to an aromatic ring is 1. The molecule has 3 N–H and O–H groups in total. The number of amides is 1. The molecule has 144 valence electrons. The minimum absolute atomic E-state index is 0.128. The van der Waals surface area contributed by atoms with E-state index in [1.54, 1.807) is 24.3 Å². The van der Waals surface area contributed by atoms with Crippen molar-refractivity contribution >= 4 is 29.2 Å². The highest BCUT2D eigenvalue weighted by molar-refractivity contribution is 7.98. The van der Waals surface area contributed by atoms with Gasteiger partial charge in [0.2, 0.25) is 5.91 Å². The van der Waals surface area contributed by atoms with Gasteiger partial charge in [-0.1, -0.05) is 12.1 Å². The lowest BCUT2D eigenvalue weighted by Gasteiger charge is -2.09. The molecule has 3 aromatic rings. The van der Waals surface area contributed by atoms with Crippen molar-refractivity contribution in [1.82, 2.24) is 4.98 Å². The molecule has 0 fully saturated rings. The minimum Gasteiger partial charge on any atom is -0.382 e. The molecule has 0 unspecified atom stereocenters. The first-order chi connectivity index (χ1) is 13.4. The standard InChI is InChI=1S/C20H16F3N3OS/c21-14-3-1-12(2-4-14)11-28-19-6-5-17(20(24)26-19)25-18(27)9-13-7-15(22)10-16(23)8-13/h1-8,10H,9,11H2,(H2,24,26)(H,25,27). The number of carbonyl (C=O) groups excluding carboxylic acids is 1. The first kappa shape index (κ1) is 19.8. The van der Waals surface area contributed by atoms with Crippen molar-refractivity contribution in [3.63, 3.8) is 0 Å². The van der Waals surface area contributed by atoms with Gasteiger partial charge in [-0.15, -0.1) is 11.8 Å². The van der Waals surface area contributed by atoms with E-state index in [0.717, 1.165) is 23.8 Å². The third kappa shape index (κ3) is 5.50. The molecule has 0 saturated carbocycles. The van der Waals surface area contributed by atoms with Crippen molar-refractivity contribution in [2.24, 2.45) is 0 Å². The third-order valence-corrected chi connectivity index (χ3v) is 4.76. The molecule has 0 saturated heterocycles. The van der Waals surface area contributed by atoms with Crippen LogP contribution in [0.3, 0.4) is 0 Å². The van der Waals surface area contributed by atoms with Crippen LogP contribution in [-0.4, -0.2) is 10.9 Å². The molecule has 8 heteroatoms. The van der Waals surface area contributed by atoms with E-state index >= 15 is 0 Å². The van der Waals surface area contributed by atoms with Gasteiger partial charge in [0.25, 0.3) is 0 Å². The van der Waals surface area contributed by atoms with Gasteiger partial charge in [0.15, 0.2) is 0 Å². The summed E-state index contributed by atoms with van der Waals surface area (Å²) in [6.07, 6.45) is -0.199. The second-order valence-electron chi connectivity index (χ2n) is 6.00. The zero-order valence-electron chi connectivity index (χ0n) is 14.6. The summed E-state index contributed by atoms with van der Waals surface area (Å²) in [5.74, 6) is -1.54. The van der Waals surface area contributed by atoms with Crippen LogP contribution < -0.4 is 11.1 Å². The lowest BCUT2D eigenvalue weighted by Crippen LogP contribution is -2.16. The van der Waals surface area contributed by atoms with Crippen LogP contribution in [-0.2, 0) is 17.0 Å². The Hall–Kier alpha value is -3.00. The van der Waals surface area contributed by atoms with Crippen LogP contribution >= 0.6 is 11.8 Å². The summed E-state index contributed by atoms with van der Waals surface area (Å²) in [4.78, 5) is 16.3. The predicted octanol–water partition coefficient (Wildman–Crippen LogP) is 4.55. The molecule has 0 spiro atoms. The highest BCUT2D eigenvalue weighted by Crippen LogP contribution is 2.25. The predicted molar refractivity (Wildman–Crippen MR) is 103 cm³/mol. The molecule has 1 aromatic heterocycles. The number of nitrogens with zero attached hydrogens (tertiary/aromatic N) is 1. The van der Waals surface area contributed by atoms with Gasteiger partial charge in [-0.2, -0.15) is 0 Å². The van der Waals surface area contributed by atoms with E-state index in [9.17, 15) is 18.0 Å². The Morgan fingerprint density at radius 1 is 0.929 bits per heavy atom. The van der Waals surface area contributed by atoms with E-state index in [-0.39, 0.29) is 23.6 Å². The molecule has 0 atom stereocenters. The monoisotopic (exact) mass is 403 g/mol. The Morgan fingerprint density at radius 3 is 2.25 bits per heavy atom. The number of thioether (sulfide) groups is 1. The van der Waals surface area contributed by atoms with Crippen LogP contribution in [0.2, 0.25) is 0 Å². The number of benzene rings is 2. The summed E-state index contributed by atoms with van der Waals surface area (Å²) < 4.78 is 39.3. The van der Waals surface area contributed by atoms with Crippen LogP contribution in [0.4, 0.5) is 24.7 Å². The molecule has 1 amide bonds. The maximum absolute atomic E-state index is 13.2. The Labute approximate surface area is 164 Å². The zero-order chi connectivity index (χ0) is 20.1. The molecule has 0 aliphatic rings. The van der Waals surface area contributed by atoms with E-state index in [1.807, 2.05) is 0 Å². The fourth-order valence-corrected chi connectivity index (χ4v) is 3.31. The van der Waals surface area contributed by atoms with E-state index in [4.69, 9.17) is 5.73 Å². The first-order valence-electron chi connectivity index (χ1n) is 8.27.